The van der Waals surface area contributed by atoms with Crippen molar-refractivity contribution < 1.29 is 28.8 Å². The van der Waals surface area contributed by atoms with Gasteiger partial charge in [-0.1, -0.05) is 0 Å². The van der Waals surface area contributed by atoms with Crippen LogP contribution in [0.25, 0.3) is 0 Å². The van der Waals surface area contributed by atoms with Crippen molar-refractivity contribution in [3.8, 4) is 0 Å². The maximum atomic E-state index is 12.3. The number of imide groups is 1. The number of hydrogen-bond acceptors (Lipinski definition) is 7. The highest BCUT2D eigenvalue weighted by Crippen LogP contribution is 2.19. The number of hydroxylamine groups is 2. The largest absolute Gasteiger partial charge is 0.355 e. The zero-order chi connectivity index (χ0) is 20.7. The normalized spacial score (nSPS) is 20.0. The first-order valence-corrected chi connectivity index (χ1v) is 9.66. The molecule has 10 nitrogen and oxygen atoms in total. The number of hydrogen-bond donors (Lipinski definition) is 2. The van der Waals surface area contributed by atoms with E-state index in [4.69, 9.17) is 4.84 Å². The average Bonchev–Trinajstić information content (AvgIpc) is 3.24. The van der Waals surface area contributed by atoms with Gasteiger partial charge < -0.3 is 15.5 Å². The predicted molar refractivity (Wildman–Crippen MR) is 97.3 cm³/mol. The number of amides is 4. The first kappa shape index (κ1) is 21.8. The third-order valence-electron chi connectivity index (χ3n) is 4.76. The fourth-order valence-electron chi connectivity index (χ4n) is 3.30. The number of nitrogens with one attached hydrogen (secondary N) is 2. The van der Waals surface area contributed by atoms with Gasteiger partial charge >= 0.3 is 5.97 Å². The van der Waals surface area contributed by atoms with Crippen LogP contribution in [0.2, 0.25) is 0 Å². The van der Waals surface area contributed by atoms with E-state index in [1.54, 1.807) is 0 Å². The van der Waals surface area contributed by atoms with Gasteiger partial charge in [-0.05, 0) is 33.2 Å². The Bertz CT molecular complexity index is 620. The minimum absolute atomic E-state index is 0.0194. The zero-order valence-corrected chi connectivity index (χ0v) is 16.4. The van der Waals surface area contributed by atoms with Gasteiger partial charge in [0.1, 0.15) is 0 Å². The summed E-state index contributed by atoms with van der Waals surface area (Å²) < 4.78 is 0. The molecule has 156 valence electrons. The van der Waals surface area contributed by atoms with Gasteiger partial charge in [-0.25, -0.2) is 4.79 Å². The van der Waals surface area contributed by atoms with Crippen molar-refractivity contribution in [1.29, 1.82) is 0 Å². The molecule has 28 heavy (non-hydrogen) atoms. The lowest BCUT2D eigenvalue weighted by Crippen LogP contribution is -2.46. The number of nitrogens with zero attached hydrogens (tertiary/aromatic N) is 2. The van der Waals surface area contributed by atoms with Crippen molar-refractivity contribution in [2.45, 2.75) is 64.5 Å². The maximum Gasteiger partial charge on any atom is 0.334 e. The number of carbonyl (C=O) groups excluding carboxylic acids is 5. The fourth-order valence-corrected chi connectivity index (χ4v) is 3.30. The highest BCUT2D eigenvalue weighted by molar-refractivity contribution is 6.01. The molecule has 0 saturated carbocycles. The van der Waals surface area contributed by atoms with Crippen LogP contribution in [-0.4, -0.2) is 71.3 Å². The zero-order valence-electron chi connectivity index (χ0n) is 16.4. The topological polar surface area (TPSA) is 125 Å². The molecular weight excluding hydrogens is 377 g/mol. The lowest BCUT2D eigenvalue weighted by molar-refractivity contribution is -0.197. The van der Waals surface area contributed by atoms with Crippen LogP contribution in [0.4, 0.5) is 0 Å². The Hall–Kier alpha value is -2.49. The van der Waals surface area contributed by atoms with Crippen LogP contribution >= 0.6 is 0 Å². The van der Waals surface area contributed by atoms with Gasteiger partial charge in [0.05, 0.1) is 12.5 Å². The van der Waals surface area contributed by atoms with Crippen LogP contribution in [0.15, 0.2) is 0 Å². The van der Waals surface area contributed by atoms with Crippen LogP contribution in [0.1, 0.15) is 52.4 Å². The van der Waals surface area contributed by atoms with Gasteiger partial charge in [0.2, 0.25) is 11.8 Å². The second-order valence-corrected chi connectivity index (χ2v) is 7.18. The lowest BCUT2D eigenvalue weighted by atomic mass is 10.2. The molecular formula is C18H28N4O6. The number of carbonyl (C=O) groups is 5. The molecule has 2 N–H and O–H groups in total. The second-order valence-electron chi connectivity index (χ2n) is 7.18. The highest BCUT2D eigenvalue weighted by atomic mass is 16.8. The Kier molecular flexibility index (Phi) is 7.91. The number of likely N-dealkylation sites (tertiary alicyclic amines) is 1. The minimum Gasteiger partial charge on any atom is -0.355 e. The van der Waals surface area contributed by atoms with Crippen LogP contribution in [-0.2, 0) is 28.8 Å². The highest BCUT2D eigenvalue weighted by Gasteiger charge is 2.33. The van der Waals surface area contributed by atoms with Crippen molar-refractivity contribution in [1.82, 2.24) is 20.6 Å². The molecule has 1 unspecified atom stereocenters. The summed E-state index contributed by atoms with van der Waals surface area (Å²) in [4.78, 5) is 65.2. The molecule has 2 aliphatic rings. The van der Waals surface area contributed by atoms with E-state index in [0.717, 1.165) is 19.4 Å². The van der Waals surface area contributed by atoms with Crippen molar-refractivity contribution in [2.24, 2.45) is 0 Å². The minimum atomic E-state index is -0.771. The standard InChI is InChI=1S/C18H28N4O6/c1-12(2)21-11-3-4-13(21)18(27)20-9-7-14(23)19-10-8-17(26)28-22-15(24)5-6-16(22)25/h12-13H,3-11H2,1-2H3,(H,19,23)(H,20,27)/i7+1,8+1,9+1,10+1,12+1,14+1,17+1,19+1,20+1. The maximum absolute atomic E-state index is 12.3. The molecule has 0 radical (unpaired) electrons. The summed E-state index contributed by atoms with van der Waals surface area (Å²) in [6, 6.07) is 0.154. The summed E-state index contributed by atoms with van der Waals surface area (Å²) in [5, 5.41) is 5.80. The summed E-state index contributed by atoms with van der Waals surface area (Å²) in [6.07, 6.45) is 1.80. The monoisotopic (exact) mass is 405 g/mol. The third-order valence-corrected chi connectivity index (χ3v) is 4.76. The van der Waals surface area contributed by atoms with Gasteiger partial charge in [-0.2, -0.15) is 0 Å². The first-order chi connectivity index (χ1) is 13.3. The lowest BCUT2D eigenvalue weighted by Gasteiger charge is -2.27. The summed E-state index contributed by atoms with van der Waals surface area (Å²) >= 11 is 0. The Balaban J connectivity index is 1.58. The van der Waals surface area contributed by atoms with Crippen LogP contribution in [0, 0.1) is 0 Å². The first-order valence-electron chi connectivity index (χ1n) is 9.66. The predicted octanol–water partition coefficient (Wildman–Crippen LogP) is -0.521. The van der Waals surface area contributed by atoms with Gasteiger partial charge in [0.25, 0.3) is 11.8 Å². The Morgan fingerprint density at radius 3 is 2.36 bits per heavy atom. The van der Waals surface area contributed by atoms with Crippen molar-refractivity contribution in [3.05, 3.63) is 0 Å². The summed E-state index contributed by atoms with van der Waals surface area (Å²) in [7, 11) is 0. The summed E-state index contributed by atoms with van der Waals surface area (Å²) in [5.74, 6) is -2.24. The summed E-state index contributed by atoms with van der Waals surface area (Å²) in [5.41, 5.74) is 0. The number of rotatable bonds is 9. The van der Waals surface area contributed by atoms with E-state index >= 15 is 0 Å². The molecule has 2 rings (SSSR count). The molecule has 0 aromatic heterocycles. The van der Waals surface area contributed by atoms with E-state index in [2.05, 4.69) is 29.4 Å². The Labute approximate surface area is 163 Å². The molecule has 2 saturated heterocycles. The van der Waals surface area contributed by atoms with Gasteiger partial charge in [-0.3, -0.25) is 24.1 Å². The van der Waals surface area contributed by atoms with E-state index in [9.17, 15) is 24.0 Å². The summed E-state index contributed by atoms with van der Waals surface area (Å²) in [6.45, 7) is 5.25. The van der Waals surface area contributed by atoms with Crippen molar-refractivity contribution in [2.75, 3.05) is 19.6 Å². The molecule has 2 fully saturated rings. The van der Waals surface area contributed by atoms with Gasteiger partial charge in [-0.15, -0.1) is 5.06 Å². The van der Waals surface area contributed by atoms with Crippen molar-refractivity contribution >= 4 is 29.6 Å². The fraction of sp³-hybridized carbons (Fsp3) is 0.722. The Morgan fingerprint density at radius 1 is 1.07 bits per heavy atom. The smallest absolute Gasteiger partial charge is 0.334 e. The van der Waals surface area contributed by atoms with Crippen LogP contribution < -0.4 is 10.6 Å². The van der Waals surface area contributed by atoms with E-state index in [1.165, 1.54) is 0 Å². The molecule has 10 heteroatoms. The van der Waals surface area contributed by atoms with Gasteiger partial charge in [0, 0.05) is 38.4 Å². The third kappa shape index (κ3) is 6.01. The SMILES string of the molecule is C[13CH](C)N1CCCC1C(=O)[15NH][13CH2][13CH2][13C](=O)[15NH][13CH2][13CH2][13C](=O)ON1C(=O)CCC1=O. The molecule has 2 heterocycles. The Morgan fingerprint density at radius 2 is 1.71 bits per heavy atom. The average molecular weight is 405 g/mol. The van der Waals surface area contributed by atoms with Crippen LogP contribution in [0.5, 0.6) is 0 Å². The van der Waals surface area contributed by atoms with Crippen LogP contribution in [0.3, 0.4) is 0 Å². The molecule has 0 bridgehead atoms. The molecule has 2 aliphatic heterocycles. The molecule has 4 amide bonds. The molecule has 0 aromatic rings. The quantitative estimate of drug-likeness (QED) is 0.300. The van der Waals surface area contributed by atoms with E-state index in [-0.39, 0.29) is 56.6 Å². The van der Waals surface area contributed by atoms with E-state index < -0.39 is 17.8 Å². The molecule has 0 aromatic carbocycles. The van der Waals surface area contributed by atoms with Gasteiger partial charge in [0.15, 0.2) is 0 Å². The van der Waals surface area contributed by atoms with E-state index in [0.29, 0.717) is 11.1 Å². The van der Waals surface area contributed by atoms with Crippen molar-refractivity contribution in [3.63, 3.8) is 0 Å². The second kappa shape index (κ2) is 10.2. The molecule has 0 aliphatic carbocycles. The molecule has 0 spiro atoms. The van der Waals surface area contributed by atoms with E-state index in [1.807, 2.05) is 0 Å². The molecule has 1 atom stereocenters.